The van der Waals surface area contributed by atoms with Crippen LogP contribution in [0.1, 0.15) is 85.2 Å². The summed E-state index contributed by atoms with van der Waals surface area (Å²) in [5.74, 6) is 0.362. The van der Waals surface area contributed by atoms with Crippen LogP contribution in [0.15, 0.2) is 23.9 Å². The van der Waals surface area contributed by atoms with Crippen molar-refractivity contribution in [2.45, 2.75) is 86.7 Å². The predicted octanol–water partition coefficient (Wildman–Crippen LogP) is 4.90. The molecule has 1 amide bonds. The van der Waals surface area contributed by atoms with Crippen LogP contribution in [0.4, 0.5) is 0 Å². The lowest BCUT2D eigenvalue weighted by molar-refractivity contribution is -0.141. The highest BCUT2D eigenvalue weighted by Gasteiger charge is 2.40. The lowest BCUT2D eigenvalue weighted by atomic mass is 9.73. The fourth-order valence-electron chi connectivity index (χ4n) is 4.15. The number of allylic oxidation sites excluding steroid dienone is 2. The van der Waals surface area contributed by atoms with E-state index in [-0.39, 0.29) is 35.7 Å². The molecule has 1 unspecified atom stereocenters. The first-order chi connectivity index (χ1) is 16.3. The normalized spacial score (nSPS) is 26.8. The van der Waals surface area contributed by atoms with Gasteiger partial charge in [-0.2, -0.15) is 0 Å². The second-order valence-corrected chi connectivity index (χ2v) is 10.4. The van der Waals surface area contributed by atoms with Crippen molar-refractivity contribution in [3.63, 3.8) is 0 Å². The van der Waals surface area contributed by atoms with Gasteiger partial charge in [0, 0.05) is 31.8 Å². The number of nitrogens with one attached hydrogen (secondary N) is 1. The maximum Gasteiger partial charge on any atom is 0.224 e. The highest BCUT2D eigenvalue weighted by atomic mass is 16.3. The summed E-state index contributed by atoms with van der Waals surface area (Å²) in [7, 11) is 1.71. The summed E-state index contributed by atoms with van der Waals surface area (Å²) >= 11 is 0. The standard InChI is InChI=1S/C21H35NO4.C7H10N2/c1-14-8-7-11-22(6)19(25)13-18(24)21(4,5)20(26)16(3)12-15(2)17(23)10-9-14;1-3-4-7-5-8-6(2)9-7/h8,15-16,18,24H,7,9-13H2,1-6H3;3-5H,1-2H3,(H,8,9)/b14-8-;4-3-/t15-,16?,18+;/m1./s1. The number of hydrogen-bond donors (Lipinski definition) is 2. The Morgan fingerprint density at radius 1 is 1.14 bits per heavy atom. The van der Waals surface area contributed by atoms with E-state index in [0.29, 0.717) is 32.2 Å². The summed E-state index contributed by atoms with van der Waals surface area (Å²) < 4.78 is 0. The number of amides is 1. The van der Waals surface area contributed by atoms with Gasteiger partial charge in [-0.3, -0.25) is 14.4 Å². The molecule has 7 nitrogen and oxygen atoms in total. The summed E-state index contributed by atoms with van der Waals surface area (Å²) in [5.41, 5.74) is 1.19. The molecule has 0 saturated carbocycles. The number of carbonyl (C=O) groups excluding carboxylic acids is 3. The number of nitrogens with zero attached hydrogens (tertiary/aromatic N) is 2. The van der Waals surface area contributed by atoms with E-state index < -0.39 is 11.5 Å². The second kappa shape index (κ2) is 14.1. The minimum Gasteiger partial charge on any atom is -0.392 e. The number of Topliss-reactive ketones (excluding diaryl/α,β-unsaturated/α-hetero) is 2. The van der Waals surface area contributed by atoms with Crippen LogP contribution in [0.5, 0.6) is 0 Å². The summed E-state index contributed by atoms with van der Waals surface area (Å²) in [6.45, 7) is 13.5. The number of aryl methyl sites for hydroxylation is 1. The van der Waals surface area contributed by atoms with E-state index in [2.05, 4.69) is 16.0 Å². The molecule has 0 spiro atoms. The van der Waals surface area contributed by atoms with Gasteiger partial charge >= 0.3 is 0 Å². The zero-order valence-corrected chi connectivity index (χ0v) is 22.9. The quantitative estimate of drug-likeness (QED) is 0.548. The molecular weight excluding hydrogens is 442 g/mol. The summed E-state index contributed by atoms with van der Waals surface area (Å²) in [6.07, 6.45) is 9.13. The molecule has 3 atom stereocenters. The van der Waals surface area contributed by atoms with Gasteiger partial charge in [-0.25, -0.2) is 4.98 Å². The van der Waals surface area contributed by atoms with E-state index in [1.165, 1.54) is 0 Å². The van der Waals surface area contributed by atoms with E-state index in [0.717, 1.165) is 17.1 Å². The van der Waals surface area contributed by atoms with Crippen LogP contribution >= 0.6 is 0 Å². The van der Waals surface area contributed by atoms with Gasteiger partial charge in [0.15, 0.2) is 0 Å². The number of ketones is 2. The molecule has 2 N–H and O–H groups in total. The zero-order valence-electron chi connectivity index (χ0n) is 22.9. The average Bonchev–Trinajstić information content (AvgIpc) is 3.21. The highest BCUT2D eigenvalue weighted by Crippen LogP contribution is 2.31. The number of H-pyrrole nitrogens is 1. The number of imidazole rings is 1. The molecule has 0 fully saturated rings. The van der Waals surface area contributed by atoms with Gasteiger partial charge in [0.2, 0.25) is 5.91 Å². The van der Waals surface area contributed by atoms with Crippen molar-refractivity contribution in [3.8, 4) is 0 Å². The Labute approximate surface area is 211 Å². The van der Waals surface area contributed by atoms with Crippen LogP contribution in [0.2, 0.25) is 0 Å². The average molecular weight is 488 g/mol. The predicted molar refractivity (Wildman–Crippen MR) is 141 cm³/mol. The van der Waals surface area contributed by atoms with Crippen molar-refractivity contribution in [2.75, 3.05) is 13.6 Å². The number of aliphatic hydroxyl groups is 1. The number of rotatable bonds is 1. The SMILES string of the molecule is C/C1=C/CCN(C)C(=O)C[C@H](O)C(C)(C)C(=O)C(C)C[C@@H](C)C(=O)CC1.C/C=C\c1cnc(C)[nH]1. The summed E-state index contributed by atoms with van der Waals surface area (Å²) in [5, 5.41) is 10.5. The molecule has 0 aliphatic carbocycles. The van der Waals surface area contributed by atoms with Crippen LogP contribution in [-0.4, -0.2) is 57.1 Å². The van der Waals surface area contributed by atoms with E-state index in [1.54, 1.807) is 25.8 Å². The van der Waals surface area contributed by atoms with E-state index in [1.807, 2.05) is 53.0 Å². The van der Waals surface area contributed by atoms with Gasteiger partial charge in [0.25, 0.3) is 0 Å². The van der Waals surface area contributed by atoms with Gasteiger partial charge in [0.05, 0.1) is 29.8 Å². The Hall–Kier alpha value is -2.54. The molecule has 7 heteroatoms. The van der Waals surface area contributed by atoms with Crippen molar-refractivity contribution in [3.05, 3.63) is 35.4 Å². The first-order valence-corrected chi connectivity index (χ1v) is 12.6. The first-order valence-electron chi connectivity index (χ1n) is 12.6. The molecule has 1 aliphatic heterocycles. The van der Waals surface area contributed by atoms with Gasteiger partial charge in [-0.05, 0) is 46.1 Å². The fraction of sp³-hybridized carbons (Fsp3) is 0.643. The Balaban J connectivity index is 0.000000566. The number of aliphatic hydroxyl groups excluding tert-OH is 1. The van der Waals surface area contributed by atoms with Crippen LogP contribution in [0, 0.1) is 24.2 Å². The van der Waals surface area contributed by atoms with Gasteiger partial charge in [-0.15, -0.1) is 0 Å². The van der Waals surface area contributed by atoms with Crippen molar-refractivity contribution < 1.29 is 19.5 Å². The highest BCUT2D eigenvalue weighted by molar-refractivity contribution is 5.89. The Bertz CT molecular complexity index is 913. The third-order valence-corrected chi connectivity index (χ3v) is 6.76. The minimum atomic E-state index is -1.04. The lowest BCUT2D eigenvalue weighted by Gasteiger charge is -2.33. The largest absolute Gasteiger partial charge is 0.392 e. The molecule has 1 aromatic rings. The third-order valence-electron chi connectivity index (χ3n) is 6.76. The third kappa shape index (κ3) is 9.92. The second-order valence-electron chi connectivity index (χ2n) is 10.4. The van der Waals surface area contributed by atoms with E-state index >= 15 is 0 Å². The van der Waals surface area contributed by atoms with Gasteiger partial charge in [-0.1, -0.05) is 45.4 Å². The van der Waals surface area contributed by atoms with Gasteiger partial charge < -0.3 is 15.0 Å². The number of aromatic amines is 1. The smallest absolute Gasteiger partial charge is 0.224 e. The Morgan fingerprint density at radius 3 is 2.37 bits per heavy atom. The Morgan fingerprint density at radius 2 is 1.80 bits per heavy atom. The molecular formula is C28H45N3O4. The maximum absolute atomic E-state index is 12.9. The maximum atomic E-state index is 12.9. The van der Waals surface area contributed by atoms with Crippen LogP contribution in [0.3, 0.4) is 0 Å². The lowest BCUT2D eigenvalue weighted by Crippen LogP contribution is -2.43. The summed E-state index contributed by atoms with van der Waals surface area (Å²) in [4.78, 5) is 46.3. The molecule has 0 saturated heterocycles. The van der Waals surface area contributed by atoms with Crippen LogP contribution in [-0.2, 0) is 14.4 Å². The molecule has 0 radical (unpaired) electrons. The first kappa shape index (κ1) is 30.5. The minimum absolute atomic E-state index is 0.0703. The van der Waals surface area contributed by atoms with Crippen molar-refractivity contribution in [1.29, 1.82) is 0 Å². The zero-order chi connectivity index (χ0) is 26.8. The van der Waals surface area contributed by atoms with Crippen LogP contribution < -0.4 is 0 Å². The van der Waals surface area contributed by atoms with Crippen LogP contribution in [0.25, 0.3) is 6.08 Å². The van der Waals surface area contributed by atoms with Crippen molar-refractivity contribution in [1.82, 2.24) is 14.9 Å². The number of hydrogen-bond acceptors (Lipinski definition) is 5. The molecule has 196 valence electrons. The number of carbonyl (C=O) groups is 3. The molecule has 2 heterocycles. The van der Waals surface area contributed by atoms with Crippen molar-refractivity contribution in [2.24, 2.45) is 17.3 Å². The van der Waals surface area contributed by atoms with E-state index in [9.17, 15) is 19.5 Å². The Kier molecular flexibility index (Phi) is 12.3. The van der Waals surface area contributed by atoms with Crippen molar-refractivity contribution >= 4 is 23.5 Å². The molecule has 2 rings (SSSR count). The molecule has 1 aliphatic rings. The fourth-order valence-corrected chi connectivity index (χ4v) is 4.15. The number of aromatic nitrogens is 2. The summed E-state index contributed by atoms with van der Waals surface area (Å²) in [6, 6.07) is 0. The monoisotopic (exact) mass is 487 g/mol. The van der Waals surface area contributed by atoms with Gasteiger partial charge in [0.1, 0.15) is 17.4 Å². The molecule has 0 aromatic carbocycles. The molecule has 0 bridgehead atoms. The molecule has 35 heavy (non-hydrogen) atoms. The molecule has 1 aromatic heterocycles. The van der Waals surface area contributed by atoms with E-state index in [4.69, 9.17) is 0 Å². The topological polar surface area (TPSA) is 103 Å².